The summed E-state index contributed by atoms with van der Waals surface area (Å²) < 4.78 is 5.52. The van der Waals surface area contributed by atoms with E-state index in [4.69, 9.17) is 4.74 Å². The van der Waals surface area contributed by atoms with Crippen LogP contribution < -0.4 is 5.32 Å². The van der Waals surface area contributed by atoms with Gasteiger partial charge in [-0.1, -0.05) is 0 Å². The van der Waals surface area contributed by atoms with E-state index in [9.17, 15) is 4.79 Å². The molecule has 1 amide bonds. The molecule has 0 aromatic carbocycles. The van der Waals surface area contributed by atoms with Crippen molar-refractivity contribution in [3.05, 3.63) is 17.2 Å². The number of hydrogen-bond donors (Lipinski definition) is 2. The Labute approximate surface area is 113 Å². The molecule has 1 aromatic rings. The van der Waals surface area contributed by atoms with Gasteiger partial charge in [-0.05, 0) is 32.6 Å². The highest BCUT2D eigenvalue weighted by atomic mass is 16.5. The van der Waals surface area contributed by atoms with Crippen molar-refractivity contribution in [1.82, 2.24) is 15.3 Å². The number of nitrogens with one attached hydrogen (secondary N) is 2. The average Bonchev–Trinajstić information content (AvgIpc) is 3.02. The zero-order valence-corrected chi connectivity index (χ0v) is 11.4. The molecule has 2 N–H and O–H groups in total. The Hall–Kier alpha value is -1.36. The second-order valence-corrected chi connectivity index (χ2v) is 5.57. The van der Waals surface area contributed by atoms with Gasteiger partial charge < -0.3 is 15.0 Å². The molecule has 3 rings (SSSR count). The summed E-state index contributed by atoms with van der Waals surface area (Å²) >= 11 is 0. The van der Waals surface area contributed by atoms with Crippen molar-refractivity contribution in [3.8, 4) is 0 Å². The normalized spacial score (nSPS) is 26.2. The van der Waals surface area contributed by atoms with Gasteiger partial charge in [0.25, 0.3) is 0 Å². The molecule has 1 aromatic heterocycles. The summed E-state index contributed by atoms with van der Waals surface area (Å²) in [4.78, 5) is 19.9. The molecule has 2 aliphatic rings. The lowest BCUT2D eigenvalue weighted by molar-refractivity contribution is -0.125. The van der Waals surface area contributed by atoms with Gasteiger partial charge in [0.1, 0.15) is 5.82 Å². The minimum atomic E-state index is 0.0775. The molecule has 19 heavy (non-hydrogen) atoms. The first-order chi connectivity index (χ1) is 9.22. The van der Waals surface area contributed by atoms with Crippen molar-refractivity contribution in [2.45, 2.75) is 45.1 Å². The van der Waals surface area contributed by atoms with Gasteiger partial charge in [-0.3, -0.25) is 4.79 Å². The molecule has 0 radical (unpaired) electrons. The van der Waals surface area contributed by atoms with E-state index >= 15 is 0 Å². The number of ether oxygens (including phenoxy) is 1. The zero-order valence-electron chi connectivity index (χ0n) is 11.4. The van der Waals surface area contributed by atoms with Crippen LogP contribution in [0.2, 0.25) is 0 Å². The van der Waals surface area contributed by atoms with E-state index in [2.05, 4.69) is 15.3 Å². The quantitative estimate of drug-likeness (QED) is 0.858. The third-order valence-electron chi connectivity index (χ3n) is 4.06. The van der Waals surface area contributed by atoms with Gasteiger partial charge in [-0.2, -0.15) is 0 Å². The number of carbonyl (C=O) groups excluding carboxylic acids is 1. The molecular formula is C14H21N3O2. The molecule has 1 aliphatic heterocycles. The lowest BCUT2D eigenvalue weighted by Gasteiger charge is -2.21. The molecule has 2 atom stereocenters. The molecule has 104 valence electrons. The Morgan fingerprint density at radius 3 is 3.21 bits per heavy atom. The van der Waals surface area contributed by atoms with Gasteiger partial charge >= 0.3 is 0 Å². The summed E-state index contributed by atoms with van der Waals surface area (Å²) in [5, 5.41) is 3.03. The number of H-pyrrole nitrogens is 1. The van der Waals surface area contributed by atoms with E-state index in [1.807, 2.05) is 6.92 Å². The second kappa shape index (κ2) is 5.33. The van der Waals surface area contributed by atoms with Gasteiger partial charge in [0.2, 0.25) is 5.91 Å². The van der Waals surface area contributed by atoms with Gasteiger partial charge in [0.15, 0.2) is 0 Å². The van der Waals surface area contributed by atoms with Crippen LogP contribution in [0.15, 0.2) is 0 Å². The van der Waals surface area contributed by atoms with Crippen molar-refractivity contribution < 1.29 is 9.53 Å². The molecule has 1 saturated heterocycles. The van der Waals surface area contributed by atoms with Crippen LogP contribution in [0.4, 0.5) is 0 Å². The predicted octanol–water partition coefficient (Wildman–Crippen LogP) is 1.12. The minimum absolute atomic E-state index is 0.0775. The molecule has 0 bridgehead atoms. The van der Waals surface area contributed by atoms with Crippen LogP contribution in [0.25, 0.3) is 0 Å². The van der Waals surface area contributed by atoms with E-state index in [1.54, 1.807) is 0 Å². The van der Waals surface area contributed by atoms with Crippen molar-refractivity contribution in [2.75, 3.05) is 13.2 Å². The number of aromatic amines is 1. The third-order valence-corrected chi connectivity index (χ3v) is 4.06. The first-order valence-electron chi connectivity index (χ1n) is 7.16. The maximum atomic E-state index is 12.2. The van der Waals surface area contributed by atoms with Crippen LogP contribution in [-0.4, -0.2) is 35.1 Å². The monoisotopic (exact) mass is 263 g/mol. The van der Waals surface area contributed by atoms with Crippen molar-refractivity contribution in [1.29, 1.82) is 0 Å². The zero-order chi connectivity index (χ0) is 13.2. The molecule has 1 aliphatic carbocycles. The molecule has 0 saturated carbocycles. The Morgan fingerprint density at radius 2 is 2.42 bits per heavy atom. The van der Waals surface area contributed by atoms with Gasteiger partial charge in [0, 0.05) is 31.2 Å². The van der Waals surface area contributed by atoms with E-state index < -0.39 is 0 Å². The number of fused-ring (bicyclic) bond motifs is 1. The van der Waals surface area contributed by atoms with E-state index in [0.29, 0.717) is 6.54 Å². The summed E-state index contributed by atoms with van der Waals surface area (Å²) in [6, 6.07) is 0. The van der Waals surface area contributed by atoms with Crippen LogP contribution in [0, 0.1) is 12.8 Å². The summed E-state index contributed by atoms with van der Waals surface area (Å²) in [5.74, 6) is 1.19. The third kappa shape index (κ3) is 2.81. The summed E-state index contributed by atoms with van der Waals surface area (Å²) in [7, 11) is 0. The molecule has 5 heteroatoms. The van der Waals surface area contributed by atoms with E-state index in [1.165, 1.54) is 0 Å². The van der Waals surface area contributed by atoms with Gasteiger partial charge in [0.05, 0.1) is 11.8 Å². The largest absolute Gasteiger partial charge is 0.376 e. The van der Waals surface area contributed by atoms with Gasteiger partial charge in [-0.25, -0.2) is 4.98 Å². The Kier molecular flexibility index (Phi) is 3.55. The number of hydrogen-bond acceptors (Lipinski definition) is 3. The highest BCUT2D eigenvalue weighted by Crippen LogP contribution is 2.24. The number of carbonyl (C=O) groups is 1. The van der Waals surface area contributed by atoms with E-state index in [0.717, 1.165) is 55.9 Å². The number of imidazole rings is 1. The molecular weight excluding hydrogens is 242 g/mol. The van der Waals surface area contributed by atoms with Crippen molar-refractivity contribution in [3.63, 3.8) is 0 Å². The first kappa shape index (κ1) is 12.7. The fraction of sp³-hybridized carbons (Fsp3) is 0.714. The number of aryl methyl sites for hydroxylation is 2. The molecule has 0 spiro atoms. The lowest BCUT2D eigenvalue weighted by atomic mass is 9.89. The highest BCUT2D eigenvalue weighted by Gasteiger charge is 2.27. The number of aromatic nitrogens is 2. The Balaban J connectivity index is 1.53. The smallest absolute Gasteiger partial charge is 0.223 e. The first-order valence-corrected chi connectivity index (χ1v) is 7.16. The molecule has 5 nitrogen and oxygen atoms in total. The topological polar surface area (TPSA) is 67.0 Å². The van der Waals surface area contributed by atoms with Crippen molar-refractivity contribution >= 4 is 5.91 Å². The Bertz CT molecular complexity index is 463. The number of amides is 1. The van der Waals surface area contributed by atoms with Crippen LogP contribution in [-0.2, 0) is 22.4 Å². The van der Waals surface area contributed by atoms with Crippen LogP contribution in [0.3, 0.4) is 0 Å². The molecule has 0 unspecified atom stereocenters. The highest BCUT2D eigenvalue weighted by molar-refractivity contribution is 5.79. The maximum Gasteiger partial charge on any atom is 0.223 e. The number of nitrogens with zero attached hydrogens (tertiary/aromatic N) is 1. The lowest BCUT2D eigenvalue weighted by Crippen LogP contribution is -2.38. The fourth-order valence-corrected chi connectivity index (χ4v) is 3.01. The minimum Gasteiger partial charge on any atom is -0.376 e. The van der Waals surface area contributed by atoms with E-state index in [-0.39, 0.29) is 17.9 Å². The van der Waals surface area contributed by atoms with Crippen LogP contribution in [0.1, 0.15) is 36.5 Å². The molecule has 2 heterocycles. The Morgan fingerprint density at radius 1 is 1.53 bits per heavy atom. The predicted molar refractivity (Wildman–Crippen MR) is 70.8 cm³/mol. The summed E-state index contributed by atoms with van der Waals surface area (Å²) in [5.41, 5.74) is 2.28. The SMILES string of the molecule is Cc1nc2c([nH]1)C[C@H](C(=O)NC[C@H]1CCCO1)CC2. The summed E-state index contributed by atoms with van der Waals surface area (Å²) in [6.07, 6.45) is 4.98. The standard InChI is InChI=1S/C14H21N3O2/c1-9-16-12-5-4-10(7-13(12)17-9)14(18)15-8-11-3-2-6-19-11/h10-11H,2-8H2,1H3,(H,15,18)(H,16,17)/t10-,11-/m1/s1. The fourth-order valence-electron chi connectivity index (χ4n) is 3.01. The second-order valence-electron chi connectivity index (χ2n) is 5.57. The van der Waals surface area contributed by atoms with Crippen molar-refractivity contribution in [2.24, 2.45) is 5.92 Å². The molecule has 1 fully saturated rings. The maximum absolute atomic E-state index is 12.2. The average molecular weight is 263 g/mol. The van der Waals surface area contributed by atoms with Crippen LogP contribution in [0.5, 0.6) is 0 Å². The summed E-state index contributed by atoms with van der Waals surface area (Å²) in [6.45, 7) is 3.45. The van der Waals surface area contributed by atoms with Gasteiger partial charge in [-0.15, -0.1) is 0 Å². The van der Waals surface area contributed by atoms with Crippen LogP contribution >= 0.6 is 0 Å². The number of rotatable bonds is 3.